The molecular formula is C16H25BrN2O2. The van der Waals surface area contributed by atoms with Crippen LogP contribution >= 0.6 is 15.9 Å². The number of anilines is 1. The van der Waals surface area contributed by atoms with Crippen molar-refractivity contribution in [2.75, 3.05) is 37.6 Å². The highest BCUT2D eigenvalue weighted by Crippen LogP contribution is 2.28. The van der Waals surface area contributed by atoms with Gasteiger partial charge in [-0.05, 0) is 61.0 Å². The number of benzene rings is 1. The Bertz CT molecular complexity index is 462. The molecule has 0 saturated carbocycles. The quantitative estimate of drug-likeness (QED) is 0.732. The summed E-state index contributed by atoms with van der Waals surface area (Å²) in [6, 6.07) is 5.55. The lowest BCUT2D eigenvalue weighted by Gasteiger charge is -2.26. The number of halogens is 1. The van der Waals surface area contributed by atoms with Crippen LogP contribution in [0.15, 0.2) is 22.7 Å². The molecule has 0 heterocycles. The number of carboxylic acids is 1. The molecule has 21 heavy (non-hydrogen) atoms. The third-order valence-electron chi connectivity index (χ3n) is 3.72. The zero-order valence-electron chi connectivity index (χ0n) is 13.1. The summed E-state index contributed by atoms with van der Waals surface area (Å²) >= 11 is 3.34. The van der Waals surface area contributed by atoms with Crippen LogP contribution in [0.3, 0.4) is 0 Å². The van der Waals surface area contributed by atoms with Crippen LogP contribution in [0.1, 0.15) is 37.6 Å². The van der Waals surface area contributed by atoms with Crippen molar-refractivity contribution in [3.05, 3.63) is 28.2 Å². The summed E-state index contributed by atoms with van der Waals surface area (Å²) < 4.78 is 0.634. The SMILES string of the molecule is CCN(CC)CCCN(CC)c1cccc(Br)c1C(=O)O. The third-order valence-corrected chi connectivity index (χ3v) is 4.39. The number of nitrogens with zero attached hydrogens (tertiary/aromatic N) is 2. The first-order valence-electron chi connectivity index (χ1n) is 7.54. The summed E-state index contributed by atoms with van der Waals surface area (Å²) in [6.45, 7) is 11.2. The summed E-state index contributed by atoms with van der Waals surface area (Å²) in [5.74, 6) is -0.889. The molecule has 0 spiro atoms. The molecule has 0 aliphatic rings. The van der Waals surface area contributed by atoms with Gasteiger partial charge in [0, 0.05) is 17.6 Å². The number of carboxylic acid groups (broad SMARTS) is 1. The molecule has 1 N–H and O–H groups in total. The highest BCUT2D eigenvalue weighted by atomic mass is 79.9. The van der Waals surface area contributed by atoms with Crippen molar-refractivity contribution in [3.63, 3.8) is 0 Å². The number of aromatic carboxylic acids is 1. The molecule has 0 atom stereocenters. The van der Waals surface area contributed by atoms with Gasteiger partial charge in [0.05, 0.1) is 11.3 Å². The number of carbonyl (C=O) groups is 1. The van der Waals surface area contributed by atoms with Gasteiger partial charge in [-0.15, -0.1) is 0 Å². The Kier molecular flexibility index (Phi) is 7.75. The fraction of sp³-hybridized carbons (Fsp3) is 0.562. The summed E-state index contributed by atoms with van der Waals surface area (Å²) in [4.78, 5) is 16.0. The minimum absolute atomic E-state index is 0.349. The van der Waals surface area contributed by atoms with Gasteiger partial charge in [-0.3, -0.25) is 0 Å². The van der Waals surface area contributed by atoms with Crippen molar-refractivity contribution in [1.82, 2.24) is 4.90 Å². The average molecular weight is 357 g/mol. The van der Waals surface area contributed by atoms with Crippen molar-refractivity contribution in [3.8, 4) is 0 Å². The van der Waals surface area contributed by atoms with Gasteiger partial charge < -0.3 is 14.9 Å². The van der Waals surface area contributed by atoms with Crippen molar-refractivity contribution in [1.29, 1.82) is 0 Å². The van der Waals surface area contributed by atoms with Gasteiger partial charge in [0.15, 0.2) is 0 Å². The molecule has 4 nitrogen and oxygen atoms in total. The molecule has 5 heteroatoms. The van der Waals surface area contributed by atoms with Gasteiger partial charge in [0.1, 0.15) is 0 Å². The summed E-state index contributed by atoms with van der Waals surface area (Å²) in [7, 11) is 0. The zero-order valence-corrected chi connectivity index (χ0v) is 14.7. The summed E-state index contributed by atoms with van der Waals surface area (Å²) in [6.07, 6.45) is 1.03. The van der Waals surface area contributed by atoms with E-state index in [1.165, 1.54) is 0 Å². The van der Waals surface area contributed by atoms with E-state index in [2.05, 4.69) is 46.5 Å². The smallest absolute Gasteiger partial charge is 0.338 e. The van der Waals surface area contributed by atoms with E-state index >= 15 is 0 Å². The lowest BCUT2D eigenvalue weighted by molar-refractivity contribution is 0.0696. The van der Waals surface area contributed by atoms with Crippen LogP contribution in [-0.2, 0) is 0 Å². The van der Waals surface area contributed by atoms with Crippen LogP contribution < -0.4 is 4.90 Å². The van der Waals surface area contributed by atoms with Gasteiger partial charge in [-0.25, -0.2) is 4.79 Å². The first-order valence-corrected chi connectivity index (χ1v) is 8.33. The lowest BCUT2D eigenvalue weighted by Crippen LogP contribution is -2.30. The Morgan fingerprint density at radius 3 is 2.33 bits per heavy atom. The van der Waals surface area contributed by atoms with Gasteiger partial charge in [-0.1, -0.05) is 19.9 Å². The molecule has 1 rings (SSSR count). The molecule has 0 aliphatic carbocycles. The van der Waals surface area contributed by atoms with E-state index in [1.54, 1.807) is 6.07 Å². The molecule has 118 valence electrons. The monoisotopic (exact) mass is 356 g/mol. The van der Waals surface area contributed by atoms with Crippen molar-refractivity contribution >= 4 is 27.6 Å². The second kappa shape index (κ2) is 9.05. The fourth-order valence-electron chi connectivity index (χ4n) is 2.46. The van der Waals surface area contributed by atoms with Gasteiger partial charge >= 0.3 is 5.97 Å². The van der Waals surface area contributed by atoms with E-state index in [9.17, 15) is 9.90 Å². The maximum Gasteiger partial charge on any atom is 0.338 e. The number of hydrogen-bond donors (Lipinski definition) is 1. The molecule has 0 fully saturated rings. The molecule has 0 amide bonds. The second-order valence-corrected chi connectivity index (χ2v) is 5.75. The van der Waals surface area contributed by atoms with E-state index in [1.807, 2.05) is 12.1 Å². The molecule has 0 bridgehead atoms. The molecule has 1 aromatic carbocycles. The van der Waals surface area contributed by atoms with Crippen LogP contribution in [-0.4, -0.2) is 48.7 Å². The molecule has 0 unspecified atom stereocenters. The predicted octanol–water partition coefficient (Wildman–Crippen LogP) is 3.71. The normalized spacial score (nSPS) is 10.9. The Hall–Kier alpha value is -1.07. The van der Waals surface area contributed by atoms with Crippen LogP contribution in [0.4, 0.5) is 5.69 Å². The molecule has 1 aromatic rings. The maximum atomic E-state index is 11.5. The zero-order chi connectivity index (χ0) is 15.8. The van der Waals surface area contributed by atoms with Crippen LogP contribution in [0.2, 0.25) is 0 Å². The maximum absolute atomic E-state index is 11.5. The van der Waals surface area contributed by atoms with Crippen molar-refractivity contribution in [2.24, 2.45) is 0 Å². The molecule has 0 aromatic heterocycles. The lowest BCUT2D eigenvalue weighted by atomic mass is 10.1. The Balaban J connectivity index is 2.81. The summed E-state index contributed by atoms with van der Waals surface area (Å²) in [5.41, 5.74) is 1.14. The van der Waals surface area contributed by atoms with E-state index in [0.717, 1.165) is 44.8 Å². The second-order valence-electron chi connectivity index (χ2n) is 4.90. The van der Waals surface area contributed by atoms with Crippen LogP contribution in [0.25, 0.3) is 0 Å². The highest BCUT2D eigenvalue weighted by molar-refractivity contribution is 9.10. The number of hydrogen-bond acceptors (Lipinski definition) is 3. The molecule has 0 aliphatic heterocycles. The van der Waals surface area contributed by atoms with Gasteiger partial charge in [-0.2, -0.15) is 0 Å². The van der Waals surface area contributed by atoms with E-state index < -0.39 is 5.97 Å². The first-order chi connectivity index (χ1) is 10.0. The molecule has 0 saturated heterocycles. The van der Waals surface area contributed by atoms with Crippen LogP contribution in [0, 0.1) is 0 Å². The number of rotatable bonds is 9. The standard InChI is InChI=1S/C16H25BrN2O2/c1-4-18(5-2)11-8-12-19(6-3)14-10-7-9-13(17)15(14)16(20)21/h7,9-10H,4-6,8,11-12H2,1-3H3,(H,20,21). The highest BCUT2D eigenvalue weighted by Gasteiger charge is 2.18. The van der Waals surface area contributed by atoms with E-state index in [4.69, 9.17) is 0 Å². The fourth-order valence-corrected chi connectivity index (χ4v) is 2.99. The minimum Gasteiger partial charge on any atom is -0.478 e. The van der Waals surface area contributed by atoms with Crippen molar-refractivity contribution < 1.29 is 9.90 Å². The largest absolute Gasteiger partial charge is 0.478 e. The third kappa shape index (κ3) is 5.00. The van der Waals surface area contributed by atoms with Crippen molar-refractivity contribution in [2.45, 2.75) is 27.2 Å². The Labute approximate surface area is 135 Å². The average Bonchev–Trinajstić information content (AvgIpc) is 2.47. The van der Waals surface area contributed by atoms with E-state index in [-0.39, 0.29) is 0 Å². The predicted molar refractivity (Wildman–Crippen MR) is 91.4 cm³/mol. The van der Waals surface area contributed by atoms with Gasteiger partial charge in [0.25, 0.3) is 0 Å². The topological polar surface area (TPSA) is 43.8 Å². The Morgan fingerprint density at radius 2 is 1.81 bits per heavy atom. The molecule has 0 radical (unpaired) electrons. The minimum atomic E-state index is -0.889. The molecular weight excluding hydrogens is 332 g/mol. The van der Waals surface area contributed by atoms with Gasteiger partial charge in [0.2, 0.25) is 0 Å². The summed E-state index contributed by atoms with van der Waals surface area (Å²) in [5, 5.41) is 9.42. The van der Waals surface area contributed by atoms with E-state index in [0.29, 0.717) is 10.0 Å². The first kappa shape index (κ1) is 18.0. The Morgan fingerprint density at radius 1 is 1.14 bits per heavy atom. The van der Waals surface area contributed by atoms with Crippen LogP contribution in [0.5, 0.6) is 0 Å².